The second-order valence-electron chi connectivity index (χ2n) is 6.75. The molecule has 150 valence electrons. The Hall–Kier alpha value is -3.39. The summed E-state index contributed by atoms with van der Waals surface area (Å²) in [6.45, 7) is 1.92. The van der Waals surface area contributed by atoms with Crippen LogP contribution in [0.25, 0.3) is 10.9 Å². The van der Waals surface area contributed by atoms with Crippen LogP contribution in [0.4, 0.5) is 4.79 Å². The Morgan fingerprint density at radius 2 is 2.07 bits per heavy atom. The van der Waals surface area contributed by atoms with E-state index in [1.165, 1.54) is 11.2 Å². The molecule has 2 aromatic carbocycles. The maximum Gasteiger partial charge on any atom is 0.407 e. The van der Waals surface area contributed by atoms with Gasteiger partial charge in [-0.1, -0.05) is 30.3 Å². The second-order valence-corrected chi connectivity index (χ2v) is 6.75. The number of aromatic nitrogens is 2. The van der Waals surface area contributed by atoms with Gasteiger partial charge in [-0.15, -0.1) is 0 Å². The van der Waals surface area contributed by atoms with Gasteiger partial charge < -0.3 is 19.9 Å². The van der Waals surface area contributed by atoms with Crippen LogP contribution < -0.4 is 14.8 Å². The molecule has 3 aromatic rings. The van der Waals surface area contributed by atoms with Gasteiger partial charge >= 0.3 is 6.09 Å². The highest BCUT2D eigenvalue weighted by Gasteiger charge is 2.30. The quantitative estimate of drug-likeness (QED) is 0.687. The molecule has 1 amide bonds. The molecule has 2 heterocycles. The lowest BCUT2D eigenvalue weighted by molar-refractivity contribution is 0.111. The van der Waals surface area contributed by atoms with E-state index in [0.717, 1.165) is 10.9 Å². The van der Waals surface area contributed by atoms with E-state index in [4.69, 9.17) is 9.47 Å². The number of piperazine rings is 1. The van der Waals surface area contributed by atoms with Crippen molar-refractivity contribution in [1.29, 1.82) is 0 Å². The zero-order chi connectivity index (χ0) is 20.2. The monoisotopic (exact) mass is 394 g/mol. The van der Waals surface area contributed by atoms with Gasteiger partial charge in [-0.3, -0.25) is 4.90 Å². The number of hydrogen-bond donors (Lipinski definition) is 2. The lowest BCUT2D eigenvalue weighted by atomic mass is 10.0. The summed E-state index contributed by atoms with van der Waals surface area (Å²) >= 11 is 0. The van der Waals surface area contributed by atoms with Gasteiger partial charge in [-0.05, 0) is 11.6 Å². The van der Waals surface area contributed by atoms with Crippen molar-refractivity contribution in [2.24, 2.45) is 0 Å². The summed E-state index contributed by atoms with van der Waals surface area (Å²) in [5, 5.41) is 13.6. The zero-order valence-electron chi connectivity index (χ0n) is 16.0. The molecule has 1 fully saturated rings. The molecule has 1 atom stereocenters. The van der Waals surface area contributed by atoms with Crippen molar-refractivity contribution in [2.75, 3.05) is 26.7 Å². The third-order valence-electron chi connectivity index (χ3n) is 4.99. The van der Waals surface area contributed by atoms with Crippen molar-refractivity contribution >= 4 is 17.0 Å². The van der Waals surface area contributed by atoms with Crippen LogP contribution >= 0.6 is 0 Å². The number of fused-ring (bicyclic) bond motifs is 1. The fourth-order valence-electron chi connectivity index (χ4n) is 3.53. The number of methoxy groups -OCH3 is 1. The molecule has 1 unspecified atom stereocenters. The minimum atomic E-state index is -0.960. The summed E-state index contributed by atoms with van der Waals surface area (Å²) in [7, 11) is 1.58. The van der Waals surface area contributed by atoms with Crippen LogP contribution in [0.5, 0.6) is 11.5 Å². The Morgan fingerprint density at radius 1 is 1.24 bits per heavy atom. The molecular weight excluding hydrogens is 372 g/mol. The minimum Gasteiger partial charge on any atom is -0.493 e. The normalized spacial score (nSPS) is 16.6. The smallest absolute Gasteiger partial charge is 0.407 e. The fourth-order valence-corrected chi connectivity index (χ4v) is 3.53. The van der Waals surface area contributed by atoms with Crippen molar-refractivity contribution in [3.63, 3.8) is 0 Å². The highest BCUT2D eigenvalue weighted by Crippen LogP contribution is 2.35. The molecule has 8 heteroatoms. The first-order valence-corrected chi connectivity index (χ1v) is 9.37. The Labute approximate surface area is 168 Å². The maximum absolute atomic E-state index is 11.7. The Bertz CT molecular complexity index is 1010. The third kappa shape index (κ3) is 3.93. The molecule has 1 aliphatic heterocycles. The molecule has 1 aliphatic rings. The van der Waals surface area contributed by atoms with E-state index in [1.54, 1.807) is 7.11 Å². The Morgan fingerprint density at radius 3 is 2.83 bits per heavy atom. The van der Waals surface area contributed by atoms with Crippen LogP contribution in [0, 0.1) is 0 Å². The lowest BCUT2D eigenvalue weighted by Gasteiger charge is -2.34. The number of nitrogens with one attached hydrogen (secondary N) is 1. The summed E-state index contributed by atoms with van der Waals surface area (Å²) in [4.78, 5) is 21.9. The predicted molar refractivity (Wildman–Crippen MR) is 107 cm³/mol. The molecule has 2 N–H and O–H groups in total. The fraction of sp³-hybridized carbons (Fsp3) is 0.286. The van der Waals surface area contributed by atoms with E-state index in [-0.39, 0.29) is 0 Å². The first-order valence-electron chi connectivity index (χ1n) is 9.37. The van der Waals surface area contributed by atoms with Crippen LogP contribution in [-0.2, 0) is 6.61 Å². The molecule has 0 spiro atoms. The summed E-state index contributed by atoms with van der Waals surface area (Å²) in [6.07, 6.45) is 0.498. The van der Waals surface area contributed by atoms with Gasteiger partial charge in [0.15, 0.2) is 11.5 Å². The van der Waals surface area contributed by atoms with E-state index in [1.807, 2.05) is 42.5 Å². The van der Waals surface area contributed by atoms with Gasteiger partial charge in [0.1, 0.15) is 12.9 Å². The van der Waals surface area contributed by atoms with E-state index in [9.17, 15) is 9.90 Å². The van der Waals surface area contributed by atoms with Crippen LogP contribution in [0.2, 0.25) is 0 Å². The van der Waals surface area contributed by atoms with Crippen molar-refractivity contribution in [3.05, 3.63) is 60.0 Å². The number of benzene rings is 2. The molecule has 4 rings (SSSR count). The van der Waals surface area contributed by atoms with Gasteiger partial charge in [0.05, 0.1) is 24.4 Å². The first-order chi connectivity index (χ1) is 14.2. The van der Waals surface area contributed by atoms with Gasteiger partial charge in [-0.25, -0.2) is 14.8 Å². The predicted octanol–water partition coefficient (Wildman–Crippen LogP) is 2.84. The number of amides is 1. The van der Waals surface area contributed by atoms with E-state index in [0.29, 0.717) is 49.0 Å². The summed E-state index contributed by atoms with van der Waals surface area (Å²) in [5.41, 5.74) is 2.37. The Balaban J connectivity index is 1.70. The van der Waals surface area contributed by atoms with Crippen molar-refractivity contribution in [3.8, 4) is 11.5 Å². The molecule has 0 radical (unpaired) electrons. The molecule has 29 heavy (non-hydrogen) atoms. The van der Waals surface area contributed by atoms with Gasteiger partial charge in [-0.2, -0.15) is 0 Å². The van der Waals surface area contributed by atoms with Crippen LogP contribution in [0.15, 0.2) is 48.8 Å². The lowest BCUT2D eigenvalue weighted by Crippen LogP contribution is -2.48. The van der Waals surface area contributed by atoms with Crippen LogP contribution in [0.1, 0.15) is 17.3 Å². The minimum absolute atomic E-state index is 0.396. The van der Waals surface area contributed by atoms with E-state index in [2.05, 4.69) is 15.3 Å². The molecule has 1 aromatic heterocycles. The first kappa shape index (κ1) is 18.9. The number of nitrogens with zero attached hydrogens (tertiary/aromatic N) is 3. The standard InChI is InChI=1S/C21H22N4O4/c1-28-18-9-15-16(10-19(18)29-12-14-5-3-2-4-6-14)23-13-24-20(15)17-11-22-7-8-25(17)21(26)27/h2-6,9-10,13,17,22H,7-8,11-12H2,1H3,(H,26,27). The van der Waals surface area contributed by atoms with Gasteiger partial charge in [0, 0.05) is 31.1 Å². The van der Waals surface area contributed by atoms with Crippen molar-refractivity contribution in [1.82, 2.24) is 20.2 Å². The highest BCUT2D eigenvalue weighted by atomic mass is 16.5. The topological polar surface area (TPSA) is 96.8 Å². The maximum atomic E-state index is 11.7. The molecule has 8 nitrogen and oxygen atoms in total. The number of ether oxygens (including phenoxy) is 2. The van der Waals surface area contributed by atoms with Gasteiger partial charge in [0.2, 0.25) is 0 Å². The summed E-state index contributed by atoms with van der Waals surface area (Å²) in [5.74, 6) is 1.13. The molecule has 1 saturated heterocycles. The van der Waals surface area contributed by atoms with Crippen molar-refractivity contribution < 1.29 is 19.4 Å². The second kappa shape index (κ2) is 8.32. The average Bonchev–Trinajstić information content (AvgIpc) is 2.77. The molecule has 0 bridgehead atoms. The number of carboxylic acid groups (broad SMARTS) is 1. The molecular formula is C21H22N4O4. The van der Waals surface area contributed by atoms with Gasteiger partial charge in [0.25, 0.3) is 0 Å². The largest absolute Gasteiger partial charge is 0.493 e. The van der Waals surface area contributed by atoms with E-state index >= 15 is 0 Å². The summed E-state index contributed by atoms with van der Waals surface area (Å²) in [6, 6.07) is 13.1. The third-order valence-corrected chi connectivity index (χ3v) is 4.99. The Kier molecular flexibility index (Phi) is 5.44. The van der Waals surface area contributed by atoms with E-state index < -0.39 is 12.1 Å². The highest BCUT2D eigenvalue weighted by molar-refractivity contribution is 5.85. The van der Waals surface area contributed by atoms with Crippen molar-refractivity contribution in [2.45, 2.75) is 12.6 Å². The SMILES string of the molecule is COc1cc2c(C3CNCCN3C(=O)O)ncnc2cc1OCc1ccccc1. The average molecular weight is 394 g/mol. The van der Waals surface area contributed by atoms with Crippen LogP contribution in [0.3, 0.4) is 0 Å². The summed E-state index contributed by atoms with van der Waals surface area (Å²) < 4.78 is 11.5. The number of hydrogen-bond acceptors (Lipinski definition) is 6. The molecule has 0 saturated carbocycles. The zero-order valence-corrected chi connectivity index (χ0v) is 16.0. The number of carbonyl (C=O) groups is 1. The number of rotatable bonds is 5. The van der Waals surface area contributed by atoms with Crippen LogP contribution in [-0.4, -0.2) is 52.8 Å². The molecule has 0 aliphatic carbocycles.